The van der Waals surface area contributed by atoms with Crippen molar-refractivity contribution in [2.45, 2.75) is 112 Å². The molecule has 0 aliphatic heterocycles. The maximum Gasteiger partial charge on any atom is 0.306 e. The summed E-state index contributed by atoms with van der Waals surface area (Å²) >= 11 is 0. The Morgan fingerprint density at radius 2 is 1.59 bits per heavy atom. The van der Waals surface area contributed by atoms with E-state index in [2.05, 4.69) is 59.8 Å². The van der Waals surface area contributed by atoms with Crippen LogP contribution in [0.1, 0.15) is 106 Å². The Hall–Kier alpha value is -1.61. The first-order chi connectivity index (χ1) is 15.0. The number of hydrogen-bond acceptors (Lipinski definition) is 2. The van der Waals surface area contributed by atoms with Crippen LogP contribution in [0.5, 0.6) is 0 Å². The number of aliphatic carboxylic acids is 1. The molecule has 0 aromatic heterocycles. The zero-order valence-corrected chi connectivity index (χ0v) is 21.7. The summed E-state index contributed by atoms with van der Waals surface area (Å²) in [6, 6.07) is 0. The van der Waals surface area contributed by atoms with Gasteiger partial charge in [0.15, 0.2) is 0 Å². The molecule has 0 saturated heterocycles. The molecule has 1 aliphatic rings. The average Bonchev–Trinajstić information content (AvgIpc) is 2.73. The molecule has 4 unspecified atom stereocenters. The minimum atomic E-state index is -0.701. The van der Waals surface area contributed by atoms with Gasteiger partial charge >= 0.3 is 5.97 Å². The highest BCUT2D eigenvalue weighted by molar-refractivity contribution is 5.69. The van der Waals surface area contributed by atoms with E-state index < -0.39 is 5.97 Å². The molecule has 0 aromatic rings. The Labute approximate surface area is 197 Å². The van der Waals surface area contributed by atoms with Crippen molar-refractivity contribution in [1.82, 2.24) is 0 Å². The van der Waals surface area contributed by atoms with Gasteiger partial charge in [0.05, 0.1) is 12.0 Å². The van der Waals surface area contributed by atoms with Crippen LogP contribution in [0.15, 0.2) is 46.1 Å². The molecule has 0 fully saturated rings. The molecule has 32 heavy (non-hydrogen) atoms. The van der Waals surface area contributed by atoms with Gasteiger partial charge in [0.1, 0.15) is 0 Å². The Kier molecular flexibility index (Phi) is 12.9. The monoisotopic (exact) mass is 444 g/mol. The van der Waals surface area contributed by atoms with Crippen LogP contribution in [0.4, 0.5) is 0 Å². The molecular weight excluding hydrogens is 396 g/mol. The van der Waals surface area contributed by atoms with Gasteiger partial charge in [0.25, 0.3) is 0 Å². The lowest BCUT2D eigenvalue weighted by Gasteiger charge is -2.27. The van der Waals surface area contributed by atoms with E-state index in [1.165, 1.54) is 40.7 Å². The Balaban J connectivity index is 2.27. The summed E-state index contributed by atoms with van der Waals surface area (Å²) in [5.74, 6) is -0.0364. The summed E-state index contributed by atoms with van der Waals surface area (Å²) in [7, 11) is 0. The Morgan fingerprint density at radius 1 is 1.03 bits per heavy atom. The van der Waals surface area contributed by atoms with E-state index in [0.29, 0.717) is 5.92 Å². The van der Waals surface area contributed by atoms with Crippen molar-refractivity contribution in [2.75, 3.05) is 0 Å². The number of carboxylic acid groups (broad SMARTS) is 1. The van der Waals surface area contributed by atoms with Crippen molar-refractivity contribution in [1.29, 1.82) is 0 Å². The maximum atomic E-state index is 10.9. The molecule has 0 heterocycles. The van der Waals surface area contributed by atoms with Gasteiger partial charge in [-0.15, -0.1) is 0 Å². The fourth-order valence-corrected chi connectivity index (χ4v) is 4.31. The molecule has 3 nitrogen and oxygen atoms in total. The van der Waals surface area contributed by atoms with Crippen LogP contribution in [-0.2, 0) is 4.79 Å². The molecule has 0 bridgehead atoms. The number of rotatable bonds is 14. The van der Waals surface area contributed by atoms with Gasteiger partial charge in [-0.1, -0.05) is 55.7 Å². The van der Waals surface area contributed by atoms with Crippen LogP contribution in [0, 0.1) is 17.8 Å². The van der Waals surface area contributed by atoms with Gasteiger partial charge < -0.3 is 10.2 Å². The number of aliphatic hydroxyl groups excluding tert-OH is 1. The Morgan fingerprint density at radius 3 is 2.16 bits per heavy atom. The third-order valence-corrected chi connectivity index (χ3v) is 7.36. The van der Waals surface area contributed by atoms with Crippen molar-refractivity contribution >= 4 is 5.97 Å². The molecule has 0 aromatic carbocycles. The van der Waals surface area contributed by atoms with Crippen LogP contribution in [0.2, 0.25) is 0 Å². The van der Waals surface area contributed by atoms with Crippen molar-refractivity contribution in [3.8, 4) is 0 Å². The minimum Gasteiger partial charge on any atom is -0.481 e. The highest BCUT2D eigenvalue weighted by Crippen LogP contribution is 2.33. The molecular formula is C29H48O3. The van der Waals surface area contributed by atoms with Gasteiger partial charge in [-0.3, -0.25) is 4.79 Å². The molecule has 4 atom stereocenters. The van der Waals surface area contributed by atoms with Gasteiger partial charge in [-0.25, -0.2) is 0 Å². The zero-order chi connectivity index (χ0) is 24.3. The van der Waals surface area contributed by atoms with Crippen molar-refractivity contribution < 1.29 is 15.0 Å². The molecule has 3 heteroatoms. The van der Waals surface area contributed by atoms with Gasteiger partial charge in [-0.2, -0.15) is 0 Å². The third kappa shape index (κ3) is 10.3. The predicted octanol–water partition coefficient (Wildman–Crippen LogP) is 8.02. The number of hydrogen-bond donors (Lipinski definition) is 2. The molecule has 1 rings (SSSR count). The summed E-state index contributed by atoms with van der Waals surface area (Å²) in [5, 5.41) is 19.2. The van der Waals surface area contributed by atoms with E-state index in [1.54, 1.807) is 6.92 Å². The fraction of sp³-hybridized carbons (Fsp3) is 0.690. The first-order valence-corrected chi connectivity index (χ1v) is 12.6. The van der Waals surface area contributed by atoms with E-state index in [9.17, 15) is 9.90 Å². The predicted molar refractivity (Wildman–Crippen MR) is 137 cm³/mol. The van der Waals surface area contributed by atoms with Crippen LogP contribution in [-0.4, -0.2) is 22.3 Å². The molecule has 1 aliphatic carbocycles. The molecule has 2 N–H and O–H groups in total. The smallest absolute Gasteiger partial charge is 0.306 e. The fourth-order valence-electron chi connectivity index (χ4n) is 4.31. The summed E-state index contributed by atoms with van der Waals surface area (Å²) in [5.41, 5.74) is 6.91. The summed E-state index contributed by atoms with van der Waals surface area (Å²) in [6.45, 7) is 15.0. The van der Waals surface area contributed by atoms with Crippen LogP contribution in [0.25, 0.3) is 0 Å². The van der Waals surface area contributed by atoms with Crippen LogP contribution < -0.4 is 0 Å². The van der Waals surface area contributed by atoms with Crippen molar-refractivity contribution in [2.24, 2.45) is 17.8 Å². The highest BCUT2D eigenvalue weighted by atomic mass is 16.4. The second-order valence-electron chi connectivity index (χ2n) is 10.3. The Bertz CT molecular complexity index is 723. The van der Waals surface area contributed by atoms with Crippen LogP contribution in [0.3, 0.4) is 0 Å². The van der Waals surface area contributed by atoms with E-state index in [0.717, 1.165) is 44.9 Å². The van der Waals surface area contributed by atoms with Crippen molar-refractivity contribution in [3.63, 3.8) is 0 Å². The quantitative estimate of drug-likeness (QED) is 0.267. The molecule has 0 spiro atoms. The van der Waals surface area contributed by atoms with Gasteiger partial charge in [-0.05, 0) is 103 Å². The van der Waals surface area contributed by atoms with E-state index in [-0.39, 0.29) is 17.9 Å². The number of carboxylic acids is 1. The average molecular weight is 445 g/mol. The van der Waals surface area contributed by atoms with Gasteiger partial charge in [0, 0.05) is 5.92 Å². The zero-order valence-electron chi connectivity index (χ0n) is 21.7. The molecule has 0 saturated carbocycles. The summed E-state index contributed by atoms with van der Waals surface area (Å²) in [6.07, 6.45) is 15.9. The number of carbonyl (C=O) groups is 1. The third-order valence-electron chi connectivity index (χ3n) is 7.36. The number of allylic oxidation sites excluding steroid dienone is 6. The SMILES string of the molecule is CC1=C(C)C(C)C(O)C=C1CCC(C)CC/C=C(\C)CCC/C(C)=C/CCC(C)C(=O)O. The lowest BCUT2D eigenvalue weighted by atomic mass is 9.81. The normalized spacial score (nSPS) is 22.1. The second kappa shape index (κ2) is 14.5. The maximum absolute atomic E-state index is 10.9. The summed E-state index contributed by atoms with van der Waals surface area (Å²) in [4.78, 5) is 10.9. The summed E-state index contributed by atoms with van der Waals surface area (Å²) < 4.78 is 0. The lowest BCUT2D eigenvalue weighted by molar-refractivity contribution is -0.141. The number of aliphatic hydroxyl groups is 1. The van der Waals surface area contributed by atoms with Crippen LogP contribution >= 0.6 is 0 Å². The lowest BCUT2D eigenvalue weighted by Crippen LogP contribution is -2.22. The van der Waals surface area contributed by atoms with E-state index in [4.69, 9.17) is 5.11 Å². The van der Waals surface area contributed by atoms with Crippen molar-refractivity contribution in [3.05, 3.63) is 46.1 Å². The first-order valence-electron chi connectivity index (χ1n) is 12.6. The van der Waals surface area contributed by atoms with Gasteiger partial charge in [0.2, 0.25) is 0 Å². The minimum absolute atomic E-state index is 0.240. The second-order valence-corrected chi connectivity index (χ2v) is 10.3. The van der Waals surface area contributed by atoms with E-state index >= 15 is 0 Å². The molecule has 0 radical (unpaired) electrons. The van der Waals surface area contributed by atoms with E-state index in [1.807, 2.05) is 0 Å². The topological polar surface area (TPSA) is 57.5 Å². The first kappa shape index (κ1) is 28.4. The molecule has 182 valence electrons. The standard InChI is InChI=1S/C29H48O3/c1-20(11-8-12-21(2)15-10-16-23(4)29(31)32)13-9-14-22(3)17-18-27-19-28(30)26(7)24(5)25(27)6/h13,15,19,22-23,26,28,30H,8-12,14,16-18H2,1-7H3,(H,31,32)/b20-13+,21-15+. The molecule has 0 amide bonds. The highest BCUT2D eigenvalue weighted by Gasteiger charge is 2.22. The largest absolute Gasteiger partial charge is 0.481 e.